The number of carbonyl (C=O) groups excluding carboxylic acids is 1. The van der Waals surface area contributed by atoms with Crippen molar-refractivity contribution in [2.24, 2.45) is 7.05 Å². The number of thiophene rings is 1. The summed E-state index contributed by atoms with van der Waals surface area (Å²) in [5, 5.41) is 7.93. The van der Waals surface area contributed by atoms with Crippen molar-refractivity contribution in [2.45, 2.75) is 20.8 Å². The molecule has 6 aromatic rings. The molecule has 0 saturated carbocycles. The number of aryl methyl sites for hydroxylation is 3. The van der Waals surface area contributed by atoms with E-state index in [9.17, 15) is 4.79 Å². The van der Waals surface area contributed by atoms with E-state index in [1.807, 2.05) is 57.4 Å². The standard InChI is InChI=1S/C34H29FN6O2S/c1-18(2)34(42)40-23-10-11-24(19(3)13-23)31-29(21-9-12-27(26(35)14-21)43-28-8-6-7-20(4)39-28)30-32(44-31)25(16-37-33(30)36)22-15-38-41(5)17-22/h6-17H,1H2,2-5H3,(H2,36,37)(H,40,42). The monoisotopic (exact) mass is 604 g/mol. The molecule has 0 aliphatic heterocycles. The Morgan fingerprint density at radius 3 is 2.57 bits per heavy atom. The highest BCUT2D eigenvalue weighted by Crippen LogP contribution is 2.50. The molecule has 0 aliphatic rings. The highest BCUT2D eigenvalue weighted by Gasteiger charge is 2.24. The molecule has 0 saturated heterocycles. The number of carbonyl (C=O) groups is 1. The molecule has 0 bridgehead atoms. The van der Waals surface area contributed by atoms with E-state index in [0.29, 0.717) is 28.5 Å². The molecule has 0 spiro atoms. The number of amides is 1. The second kappa shape index (κ2) is 11.4. The Kier molecular flexibility index (Phi) is 7.44. The molecule has 1 amide bonds. The van der Waals surface area contributed by atoms with Gasteiger partial charge in [-0.25, -0.2) is 14.4 Å². The van der Waals surface area contributed by atoms with Gasteiger partial charge in [-0.1, -0.05) is 24.8 Å². The van der Waals surface area contributed by atoms with E-state index in [-0.39, 0.29) is 11.7 Å². The average molecular weight is 605 g/mol. The Morgan fingerprint density at radius 1 is 1.07 bits per heavy atom. The van der Waals surface area contributed by atoms with Crippen LogP contribution in [0, 0.1) is 19.7 Å². The molecule has 4 heterocycles. The first kappa shape index (κ1) is 28.8. The van der Waals surface area contributed by atoms with Crippen molar-refractivity contribution >= 4 is 38.8 Å². The van der Waals surface area contributed by atoms with E-state index < -0.39 is 5.82 Å². The number of hydrogen-bond acceptors (Lipinski definition) is 7. The van der Waals surface area contributed by atoms with Gasteiger partial charge in [0, 0.05) is 74.1 Å². The minimum Gasteiger partial charge on any atom is -0.436 e. The van der Waals surface area contributed by atoms with Crippen molar-refractivity contribution in [3.63, 3.8) is 0 Å². The van der Waals surface area contributed by atoms with Crippen LogP contribution in [-0.4, -0.2) is 25.7 Å². The summed E-state index contributed by atoms with van der Waals surface area (Å²) in [6, 6.07) is 15.9. The number of pyridine rings is 2. The van der Waals surface area contributed by atoms with Crippen molar-refractivity contribution < 1.29 is 13.9 Å². The van der Waals surface area contributed by atoms with Crippen molar-refractivity contribution in [2.75, 3.05) is 11.1 Å². The molecule has 0 aliphatic carbocycles. The van der Waals surface area contributed by atoms with Gasteiger partial charge in [0.2, 0.25) is 5.88 Å². The molecule has 3 N–H and O–H groups in total. The molecule has 4 aromatic heterocycles. The maximum atomic E-state index is 15.7. The first-order valence-corrected chi connectivity index (χ1v) is 14.6. The third kappa shape index (κ3) is 5.43. The smallest absolute Gasteiger partial charge is 0.250 e. The van der Waals surface area contributed by atoms with Gasteiger partial charge in [-0.05, 0) is 67.8 Å². The molecule has 44 heavy (non-hydrogen) atoms. The molecule has 2 aromatic carbocycles. The number of halogens is 1. The Morgan fingerprint density at radius 2 is 1.89 bits per heavy atom. The van der Waals surface area contributed by atoms with Gasteiger partial charge in [0.15, 0.2) is 11.6 Å². The number of anilines is 2. The molecule has 220 valence electrons. The fraction of sp³-hybridized carbons (Fsp3) is 0.118. The van der Waals surface area contributed by atoms with E-state index in [2.05, 4.69) is 27.0 Å². The molecular formula is C34H29FN6O2S. The quantitative estimate of drug-likeness (QED) is 0.178. The number of nitrogens with two attached hydrogens (primary N) is 1. The third-order valence-electron chi connectivity index (χ3n) is 7.17. The number of fused-ring (bicyclic) bond motifs is 1. The summed E-state index contributed by atoms with van der Waals surface area (Å²) < 4.78 is 24.1. The lowest BCUT2D eigenvalue weighted by molar-refractivity contribution is -0.112. The minimum absolute atomic E-state index is 0.0591. The summed E-state index contributed by atoms with van der Waals surface area (Å²) in [5.41, 5.74) is 13.3. The number of hydrogen-bond donors (Lipinski definition) is 2. The maximum Gasteiger partial charge on any atom is 0.250 e. The molecule has 6 rings (SSSR count). The van der Waals surface area contributed by atoms with Crippen LogP contribution in [0.4, 0.5) is 15.9 Å². The Hall–Kier alpha value is -5.35. The molecular weight excluding hydrogens is 575 g/mol. The fourth-order valence-electron chi connectivity index (χ4n) is 5.01. The molecule has 10 heteroatoms. The third-order valence-corrected chi connectivity index (χ3v) is 8.43. The van der Waals surface area contributed by atoms with E-state index in [0.717, 1.165) is 48.5 Å². The lowest BCUT2D eigenvalue weighted by atomic mass is 9.95. The summed E-state index contributed by atoms with van der Waals surface area (Å²) >= 11 is 1.55. The second-order valence-corrected chi connectivity index (χ2v) is 11.6. The maximum absolute atomic E-state index is 15.7. The van der Waals surface area contributed by atoms with E-state index in [1.54, 1.807) is 53.5 Å². The van der Waals surface area contributed by atoms with Crippen LogP contribution in [0.1, 0.15) is 18.2 Å². The summed E-state index contributed by atoms with van der Waals surface area (Å²) in [5.74, 6) is -0.0945. The van der Waals surface area contributed by atoms with Crippen molar-refractivity contribution in [3.05, 3.63) is 102 Å². The largest absolute Gasteiger partial charge is 0.436 e. The van der Waals surface area contributed by atoms with Gasteiger partial charge in [-0.2, -0.15) is 5.10 Å². The van der Waals surface area contributed by atoms with Crippen molar-refractivity contribution in [1.29, 1.82) is 0 Å². The number of rotatable bonds is 7. The predicted octanol–water partition coefficient (Wildman–Crippen LogP) is 8.07. The van der Waals surface area contributed by atoms with Crippen LogP contribution >= 0.6 is 11.3 Å². The Labute approximate surface area is 257 Å². The van der Waals surface area contributed by atoms with Gasteiger partial charge in [0.25, 0.3) is 5.91 Å². The van der Waals surface area contributed by atoms with E-state index in [1.165, 1.54) is 6.07 Å². The Bertz CT molecular complexity index is 2100. The molecule has 0 unspecified atom stereocenters. The first-order valence-electron chi connectivity index (χ1n) is 13.8. The van der Waals surface area contributed by atoms with Crippen LogP contribution in [0.15, 0.2) is 85.3 Å². The van der Waals surface area contributed by atoms with Gasteiger partial charge >= 0.3 is 0 Å². The van der Waals surface area contributed by atoms with Crippen LogP contribution in [0.2, 0.25) is 0 Å². The number of aromatic nitrogens is 4. The fourth-order valence-corrected chi connectivity index (χ4v) is 6.47. The van der Waals surface area contributed by atoms with Crippen LogP contribution in [-0.2, 0) is 11.8 Å². The predicted molar refractivity (Wildman–Crippen MR) is 174 cm³/mol. The summed E-state index contributed by atoms with van der Waals surface area (Å²) in [6.45, 7) is 9.18. The molecule has 0 atom stereocenters. The van der Waals surface area contributed by atoms with Crippen LogP contribution < -0.4 is 15.8 Å². The van der Waals surface area contributed by atoms with E-state index in [4.69, 9.17) is 10.5 Å². The summed E-state index contributed by atoms with van der Waals surface area (Å²) in [7, 11) is 1.85. The Balaban J connectivity index is 1.54. The number of nitrogen functional groups attached to an aromatic ring is 1. The lowest BCUT2D eigenvalue weighted by Gasteiger charge is -2.13. The van der Waals surface area contributed by atoms with Gasteiger partial charge in [-0.15, -0.1) is 11.3 Å². The van der Waals surface area contributed by atoms with Crippen LogP contribution in [0.25, 0.3) is 42.8 Å². The van der Waals surface area contributed by atoms with Gasteiger partial charge in [0.05, 0.1) is 6.20 Å². The van der Waals surface area contributed by atoms with Crippen molar-refractivity contribution in [1.82, 2.24) is 19.7 Å². The lowest BCUT2D eigenvalue weighted by Crippen LogP contribution is -2.11. The minimum atomic E-state index is -0.541. The highest BCUT2D eigenvalue weighted by molar-refractivity contribution is 7.23. The first-order chi connectivity index (χ1) is 21.1. The topological polar surface area (TPSA) is 108 Å². The van der Waals surface area contributed by atoms with Crippen molar-refractivity contribution in [3.8, 4) is 44.3 Å². The molecule has 0 fully saturated rings. The van der Waals surface area contributed by atoms with Crippen LogP contribution in [0.3, 0.4) is 0 Å². The number of ether oxygens (including phenoxy) is 1. The second-order valence-electron chi connectivity index (χ2n) is 10.6. The van der Waals surface area contributed by atoms with Gasteiger partial charge in [-0.3, -0.25) is 9.48 Å². The normalized spacial score (nSPS) is 11.1. The summed E-state index contributed by atoms with van der Waals surface area (Å²) in [4.78, 5) is 22.0. The zero-order valence-corrected chi connectivity index (χ0v) is 25.4. The van der Waals surface area contributed by atoms with Crippen LogP contribution in [0.5, 0.6) is 11.6 Å². The number of benzene rings is 2. The van der Waals surface area contributed by atoms with Gasteiger partial charge in [0.1, 0.15) is 5.82 Å². The number of nitrogens with one attached hydrogen (secondary N) is 1. The number of nitrogens with zero attached hydrogens (tertiary/aromatic N) is 4. The zero-order chi connectivity index (χ0) is 31.1. The highest BCUT2D eigenvalue weighted by atomic mass is 32.1. The van der Waals surface area contributed by atoms with E-state index >= 15 is 4.39 Å². The summed E-state index contributed by atoms with van der Waals surface area (Å²) in [6.07, 6.45) is 5.44. The SMILES string of the molecule is C=C(C)C(=O)Nc1ccc(-c2sc3c(-c4cnn(C)c4)cnc(N)c3c2-c2ccc(Oc3cccc(C)n3)c(F)c2)c(C)c1. The molecule has 8 nitrogen and oxygen atoms in total. The molecule has 0 radical (unpaired) electrons. The van der Waals surface area contributed by atoms with Gasteiger partial charge < -0.3 is 15.8 Å². The zero-order valence-electron chi connectivity index (χ0n) is 24.6. The average Bonchev–Trinajstić information content (AvgIpc) is 3.59.